The van der Waals surface area contributed by atoms with Crippen molar-refractivity contribution in [2.45, 2.75) is 20.3 Å². The molecule has 0 unspecified atom stereocenters. The van der Waals surface area contributed by atoms with E-state index in [9.17, 15) is 5.11 Å². The molecule has 78 valence electrons. The third-order valence-electron chi connectivity index (χ3n) is 2.53. The fourth-order valence-electron chi connectivity index (χ4n) is 1.70. The number of hydrogen-bond acceptors (Lipinski definition) is 2. The molecular weight excluding hydrogens is 188 g/mol. The Morgan fingerprint density at radius 1 is 1.33 bits per heavy atom. The summed E-state index contributed by atoms with van der Waals surface area (Å²) in [5.74, 6) is 0.265. The van der Waals surface area contributed by atoms with Gasteiger partial charge in [-0.2, -0.15) is 5.10 Å². The van der Waals surface area contributed by atoms with E-state index in [0.29, 0.717) is 0 Å². The Kier molecular flexibility index (Phi) is 2.46. The van der Waals surface area contributed by atoms with Gasteiger partial charge in [-0.25, -0.2) is 4.68 Å². The quantitative estimate of drug-likeness (QED) is 0.812. The number of para-hydroxylation sites is 1. The summed E-state index contributed by atoms with van der Waals surface area (Å²) in [6.45, 7) is 4.04. The Bertz CT molecular complexity index is 474. The Labute approximate surface area is 89.0 Å². The van der Waals surface area contributed by atoms with Crippen LogP contribution in [0.1, 0.15) is 18.2 Å². The van der Waals surface area contributed by atoms with Crippen LogP contribution in [0.2, 0.25) is 0 Å². The van der Waals surface area contributed by atoms with Crippen molar-refractivity contribution in [2.75, 3.05) is 0 Å². The number of benzene rings is 1. The van der Waals surface area contributed by atoms with E-state index in [-0.39, 0.29) is 5.75 Å². The largest absolute Gasteiger partial charge is 0.504 e. The number of aromatic nitrogens is 2. The predicted molar refractivity (Wildman–Crippen MR) is 59.3 cm³/mol. The van der Waals surface area contributed by atoms with Crippen molar-refractivity contribution >= 4 is 0 Å². The molecule has 1 aromatic heterocycles. The van der Waals surface area contributed by atoms with Crippen LogP contribution in [0, 0.1) is 6.92 Å². The molecule has 0 aliphatic rings. The zero-order chi connectivity index (χ0) is 10.8. The Morgan fingerprint density at radius 2 is 2.07 bits per heavy atom. The molecule has 15 heavy (non-hydrogen) atoms. The van der Waals surface area contributed by atoms with Gasteiger partial charge in [-0.3, -0.25) is 0 Å². The molecule has 3 nitrogen and oxygen atoms in total. The predicted octanol–water partition coefficient (Wildman–Crippen LogP) is 2.45. The van der Waals surface area contributed by atoms with E-state index in [0.717, 1.165) is 23.4 Å². The van der Waals surface area contributed by atoms with Crippen LogP contribution in [0.5, 0.6) is 5.75 Å². The lowest BCUT2D eigenvalue weighted by Crippen LogP contribution is -2.02. The number of rotatable bonds is 2. The molecule has 0 spiro atoms. The first kappa shape index (κ1) is 9.77. The fraction of sp³-hybridized carbons (Fsp3) is 0.250. The average molecular weight is 202 g/mol. The highest BCUT2D eigenvalue weighted by molar-refractivity contribution is 5.42. The van der Waals surface area contributed by atoms with E-state index in [1.54, 1.807) is 4.68 Å². The maximum atomic E-state index is 9.60. The van der Waals surface area contributed by atoms with Crippen LogP contribution < -0.4 is 0 Å². The van der Waals surface area contributed by atoms with Crippen molar-refractivity contribution in [2.24, 2.45) is 0 Å². The topological polar surface area (TPSA) is 38.1 Å². The van der Waals surface area contributed by atoms with Crippen LogP contribution >= 0.6 is 0 Å². The van der Waals surface area contributed by atoms with E-state index in [1.165, 1.54) is 6.20 Å². The second kappa shape index (κ2) is 3.77. The summed E-state index contributed by atoms with van der Waals surface area (Å²) in [4.78, 5) is 0. The van der Waals surface area contributed by atoms with Crippen molar-refractivity contribution in [3.63, 3.8) is 0 Å². The molecular formula is C12H14N2O. The van der Waals surface area contributed by atoms with Crippen LogP contribution in [0.25, 0.3) is 5.69 Å². The van der Waals surface area contributed by atoms with Gasteiger partial charge in [0.1, 0.15) is 0 Å². The lowest BCUT2D eigenvalue weighted by Gasteiger charge is -2.08. The highest BCUT2D eigenvalue weighted by Crippen LogP contribution is 2.22. The molecule has 0 bridgehead atoms. The molecule has 0 aliphatic heterocycles. The van der Waals surface area contributed by atoms with Crippen LogP contribution in [-0.2, 0) is 6.42 Å². The molecule has 0 aliphatic carbocycles. The second-order valence-electron chi connectivity index (χ2n) is 3.53. The van der Waals surface area contributed by atoms with Gasteiger partial charge in [0, 0.05) is 0 Å². The molecule has 1 N–H and O–H groups in total. The Morgan fingerprint density at radius 3 is 2.73 bits per heavy atom. The highest BCUT2D eigenvalue weighted by atomic mass is 16.3. The van der Waals surface area contributed by atoms with Gasteiger partial charge in [0.05, 0.1) is 17.6 Å². The molecule has 0 radical (unpaired) electrons. The SMILES string of the molecule is CCc1c(O)cnn1-c1ccccc1C. The first-order valence-corrected chi connectivity index (χ1v) is 5.06. The minimum Gasteiger partial charge on any atom is -0.504 e. The van der Waals surface area contributed by atoms with Gasteiger partial charge < -0.3 is 5.11 Å². The Hall–Kier alpha value is -1.77. The van der Waals surface area contributed by atoms with Gasteiger partial charge in [0.25, 0.3) is 0 Å². The number of nitrogens with zero attached hydrogens (tertiary/aromatic N) is 2. The molecule has 0 amide bonds. The van der Waals surface area contributed by atoms with Gasteiger partial charge in [0.15, 0.2) is 5.75 Å². The number of aryl methyl sites for hydroxylation is 1. The molecule has 0 saturated carbocycles. The van der Waals surface area contributed by atoms with E-state index in [2.05, 4.69) is 5.10 Å². The minimum atomic E-state index is 0.265. The average Bonchev–Trinajstić information content (AvgIpc) is 2.60. The third-order valence-corrected chi connectivity index (χ3v) is 2.53. The standard InChI is InChI=1S/C12H14N2O/c1-3-10-12(15)8-13-14(10)11-7-5-4-6-9(11)2/h4-8,15H,3H2,1-2H3. The van der Waals surface area contributed by atoms with Crippen molar-refractivity contribution in [3.8, 4) is 11.4 Å². The van der Waals surface area contributed by atoms with Gasteiger partial charge in [-0.05, 0) is 25.0 Å². The van der Waals surface area contributed by atoms with Crippen molar-refractivity contribution in [1.82, 2.24) is 9.78 Å². The van der Waals surface area contributed by atoms with Crippen molar-refractivity contribution < 1.29 is 5.11 Å². The summed E-state index contributed by atoms with van der Waals surface area (Å²) in [5, 5.41) is 13.8. The van der Waals surface area contributed by atoms with Crippen molar-refractivity contribution in [3.05, 3.63) is 41.7 Å². The first-order chi connectivity index (χ1) is 7.24. The molecule has 0 fully saturated rings. The molecule has 0 atom stereocenters. The lowest BCUT2D eigenvalue weighted by molar-refractivity contribution is 0.468. The molecule has 1 heterocycles. The minimum absolute atomic E-state index is 0.265. The fourth-order valence-corrected chi connectivity index (χ4v) is 1.70. The zero-order valence-corrected chi connectivity index (χ0v) is 8.94. The lowest BCUT2D eigenvalue weighted by atomic mass is 10.2. The number of hydrogen-bond donors (Lipinski definition) is 1. The summed E-state index contributed by atoms with van der Waals surface area (Å²) in [5.41, 5.74) is 3.02. The summed E-state index contributed by atoms with van der Waals surface area (Å²) in [6, 6.07) is 8.00. The zero-order valence-electron chi connectivity index (χ0n) is 8.94. The summed E-state index contributed by atoms with van der Waals surface area (Å²) < 4.78 is 1.80. The smallest absolute Gasteiger partial charge is 0.157 e. The van der Waals surface area contributed by atoms with E-state index in [1.807, 2.05) is 38.1 Å². The summed E-state index contributed by atoms with van der Waals surface area (Å²) >= 11 is 0. The normalized spacial score (nSPS) is 10.5. The van der Waals surface area contributed by atoms with Crippen LogP contribution in [0.15, 0.2) is 30.5 Å². The Balaban J connectivity index is 2.59. The monoisotopic (exact) mass is 202 g/mol. The molecule has 0 saturated heterocycles. The second-order valence-corrected chi connectivity index (χ2v) is 3.53. The molecule has 2 aromatic rings. The van der Waals surface area contributed by atoms with E-state index in [4.69, 9.17) is 0 Å². The molecule has 2 rings (SSSR count). The van der Waals surface area contributed by atoms with E-state index < -0.39 is 0 Å². The maximum absolute atomic E-state index is 9.60. The summed E-state index contributed by atoms with van der Waals surface area (Å²) in [7, 11) is 0. The van der Waals surface area contributed by atoms with Gasteiger partial charge in [-0.1, -0.05) is 25.1 Å². The first-order valence-electron chi connectivity index (χ1n) is 5.06. The van der Waals surface area contributed by atoms with Crippen LogP contribution in [0.3, 0.4) is 0 Å². The molecule has 3 heteroatoms. The van der Waals surface area contributed by atoms with Gasteiger partial charge in [-0.15, -0.1) is 0 Å². The van der Waals surface area contributed by atoms with Crippen LogP contribution in [0.4, 0.5) is 0 Å². The van der Waals surface area contributed by atoms with E-state index >= 15 is 0 Å². The molecule has 1 aromatic carbocycles. The summed E-state index contributed by atoms with van der Waals surface area (Å²) in [6.07, 6.45) is 2.26. The third kappa shape index (κ3) is 1.61. The highest BCUT2D eigenvalue weighted by Gasteiger charge is 2.10. The number of aromatic hydroxyl groups is 1. The van der Waals surface area contributed by atoms with Gasteiger partial charge >= 0.3 is 0 Å². The maximum Gasteiger partial charge on any atom is 0.157 e. The van der Waals surface area contributed by atoms with Gasteiger partial charge in [0.2, 0.25) is 0 Å². The van der Waals surface area contributed by atoms with Crippen LogP contribution in [-0.4, -0.2) is 14.9 Å². The van der Waals surface area contributed by atoms with Crippen molar-refractivity contribution in [1.29, 1.82) is 0 Å².